The summed E-state index contributed by atoms with van der Waals surface area (Å²) in [6.45, 7) is 1.63. The van der Waals surface area contributed by atoms with Crippen molar-refractivity contribution in [3.05, 3.63) is 75.7 Å². The standard InChI is InChI=1S/C29H30F2N6O2/c30-20-4-3-5-21(31)27(20)37-25(38)9-8-24(35-37)28(39)34-23-7-6-22(32)19(26(23)36-14-1-2-15-36)17-33-29-12-10-18(16-29)11-13-29/h3-9,17-18H,1-2,10-16,32H2,(H,34,39). The Bertz CT molecular complexity index is 1500. The number of carbonyl (C=O) groups excluding carboxylic acids is 1. The number of para-hydroxylation sites is 1. The smallest absolute Gasteiger partial charge is 0.276 e. The summed E-state index contributed by atoms with van der Waals surface area (Å²) in [4.78, 5) is 33.0. The van der Waals surface area contributed by atoms with E-state index in [1.807, 2.05) is 6.21 Å². The lowest BCUT2D eigenvalue weighted by Crippen LogP contribution is -2.27. The van der Waals surface area contributed by atoms with Crippen molar-refractivity contribution >= 4 is 29.2 Å². The predicted octanol–water partition coefficient (Wildman–Crippen LogP) is 4.70. The molecule has 2 heterocycles. The Hall–Kier alpha value is -4.08. The zero-order chi connectivity index (χ0) is 27.1. The van der Waals surface area contributed by atoms with Crippen LogP contribution in [0.1, 0.15) is 61.0 Å². The Kier molecular flexibility index (Phi) is 6.40. The average molecular weight is 533 g/mol. The summed E-state index contributed by atoms with van der Waals surface area (Å²) in [6.07, 6.45) is 9.65. The van der Waals surface area contributed by atoms with Crippen molar-refractivity contribution < 1.29 is 13.6 Å². The summed E-state index contributed by atoms with van der Waals surface area (Å²) >= 11 is 0. The van der Waals surface area contributed by atoms with Crippen molar-refractivity contribution in [2.24, 2.45) is 10.9 Å². The molecule has 6 rings (SSSR count). The normalized spacial score (nSPS) is 22.2. The van der Waals surface area contributed by atoms with Gasteiger partial charge in [0.2, 0.25) is 0 Å². The van der Waals surface area contributed by atoms with Crippen LogP contribution in [0.15, 0.2) is 52.3 Å². The van der Waals surface area contributed by atoms with E-state index in [0.29, 0.717) is 16.1 Å². The van der Waals surface area contributed by atoms with Gasteiger partial charge in [-0.25, -0.2) is 8.78 Å². The molecule has 1 aromatic heterocycles. The van der Waals surface area contributed by atoms with Gasteiger partial charge in [-0.05, 0) is 81.2 Å². The van der Waals surface area contributed by atoms with Crippen LogP contribution in [0, 0.1) is 17.6 Å². The Morgan fingerprint density at radius 3 is 2.44 bits per heavy atom. The summed E-state index contributed by atoms with van der Waals surface area (Å²) in [5.41, 5.74) is 7.54. The highest BCUT2D eigenvalue weighted by atomic mass is 19.1. The topological polar surface area (TPSA) is 106 Å². The maximum Gasteiger partial charge on any atom is 0.276 e. The van der Waals surface area contributed by atoms with Gasteiger partial charge < -0.3 is 16.0 Å². The molecule has 202 valence electrons. The number of hydrogen-bond donors (Lipinski definition) is 2. The fourth-order valence-corrected chi connectivity index (χ4v) is 6.26. The van der Waals surface area contributed by atoms with Crippen LogP contribution in [0.4, 0.5) is 25.8 Å². The first-order valence-corrected chi connectivity index (χ1v) is 13.4. The van der Waals surface area contributed by atoms with E-state index in [1.54, 1.807) is 12.1 Å². The van der Waals surface area contributed by atoms with E-state index < -0.39 is 28.8 Å². The maximum absolute atomic E-state index is 14.4. The minimum atomic E-state index is -0.962. The fourth-order valence-electron chi connectivity index (χ4n) is 6.26. The molecular formula is C29H30F2N6O2. The summed E-state index contributed by atoms with van der Waals surface area (Å²) in [6, 6.07) is 9.01. The highest BCUT2D eigenvalue weighted by molar-refractivity contribution is 6.08. The molecule has 1 saturated heterocycles. The summed E-state index contributed by atoms with van der Waals surface area (Å²) < 4.78 is 29.3. The van der Waals surface area contributed by atoms with Gasteiger partial charge in [0.1, 0.15) is 11.4 Å². The number of aliphatic imine (C=N–C) groups is 1. The molecule has 0 radical (unpaired) electrons. The summed E-state index contributed by atoms with van der Waals surface area (Å²) in [5.74, 6) is -1.79. The molecule has 0 spiro atoms. The molecule has 0 atom stereocenters. The van der Waals surface area contributed by atoms with Crippen molar-refractivity contribution in [3.63, 3.8) is 0 Å². The number of aromatic nitrogens is 2. The second-order valence-electron chi connectivity index (χ2n) is 10.8. The van der Waals surface area contributed by atoms with Gasteiger partial charge in [-0.3, -0.25) is 14.6 Å². The Morgan fingerprint density at radius 1 is 1.05 bits per heavy atom. The third kappa shape index (κ3) is 4.68. The van der Waals surface area contributed by atoms with E-state index in [2.05, 4.69) is 15.3 Å². The molecule has 3 fully saturated rings. The summed E-state index contributed by atoms with van der Waals surface area (Å²) in [7, 11) is 0. The number of benzene rings is 2. The molecule has 10 heteroatoms. The third-order valence-electron chi connectivity index (χ3n) is 8.28. The number of nitrogen functional groups attached to an aromatic ring is 1. The Balaban J connectivity index is 1.36. The number of anilines is 3. The molecule has 3 aliphatic rings. The lowest BCUT2D eigenvalue weighted by molar-refractivity contribution is 0.102. The fraction of sp³-hybridized carbons (Fsp3) is 0.379. The van der Waals surface area contributed by atoms with Crippen LogP contribution in [-0.4, -0.2) is 40.5 Å². The molecule has 2 saturated carbocycles. The Morgan fingerprint density at radius 2 is 1.77 bits per heavy atom. The van der Waals surface area contributed by atoms with Crippen LogP contribution in [0.2, 0.25) is 0 Å². The van der Waals surface area contributed by atoms with Crippen molar-refractivity contribution in [3.8, 4) is 5.69 Å². The van der Waals surface area contributed by atoms with Gasteiger partial charge in [0.05, 0.1) is 16.9 Å². The van der Waals surface area contributed by atoms with E-state index in [9.17, 15) is 18.4 Å². The minimum Gasteiger partial charge on any atom is -0.398 e. The van der Waals surface area contributed by atoms with E-state index in [0.717, 1.165) is 80.6 Å². The molecule has 2 bridgehead atoms. The van der Waals surface area contributed by atoms with Gasteiger partial charge in [-0.2, -0.15) is 9.78 Å². The van der Waals surface area contributed by atoms with Gasteiger partial charge in [-0.1, -0.05) is 6.07 Å². The van der Waals surface area contributed by atoms with E-state index in [1.165, 1.54) is 25.0 Å². The van der Waals surface area contributed by atoms with Crippen molar-refractivity contribution in [1.82, 2.24) is 9.78 Å². The first kappa shape index (κ1) is 25.2. The number of halogens is 2. The van der Waals surface area contributed by atoms with Gasteiger partial charge in [0, 0.05) is 36.6 Å². The monoisotopic (exact) mass is 532 g/mol. The van der Waals surface area contributed by atoms with E-state index in [4.69, 9.17) is 10.7 Å². The number of rotatable bonds is 6. The molecule has 3 N–H and O–H groups in total. The van der Waals surface area contributed by atoms with E-state index >= 15 is 0 Å². The lowest BCUT2D eigenvalue weighted by atomic mass is 9.94. The van der Waals surface area contributed by atoms with Crippen LogP contribution >= 0.6 is 0 Å². The van der Waals surface area contributed by atoms with Crippen LogP contribution in [0.3, 0.4) is 0 Å². The molecule has 3 aromatic rings. The second kappa shape index (κ2) is 9.91. The quantitative estimate of drug-likeness (QED) is 0.354. The van der Waals surface area contributed by atoms with Gasteiger partial charge >= 0.3 is 0 Å². The SMILES string of the molecule is Nc1ccc(NC(=O)c2ccc(=O)n(-c3c(F)cccc3F)n2)c(N2CCCC2)c1C=NC12CCC(CC1)C2. The molecule has 1 aliphatic heterocycles. The highest BCUT2D eigenvalue weighted by Gasteiger charge is 2.44. The largest absolute Gasteiger partial charge is 0.398 e. The molecule has 39 heavy (non-hydrogen) atoms. The minimum absolute atomic E-state index is 0.0156. The number of amides is 1. The van der Waals surface area contributed by atoms with Gasteiger partial charge in [0.25, 0.3) is 11.5 Å². The molecule has 1 amide bonds. The average Bonchev–Trinajstić information content (AvgIpc) is 3.68. The Labute approximate surface area is 224 Å². The highest BCUT2D eigenvalue weighted by Crippen LogP contribution is 2.50. The lowest BCUT2D eigenvalue weighted by Gasteiger charge is -2.26. The molecular weight excluding hydrogens is 502 g/mol. The van der Waals surface area contributed by atoms with Crippen LogP contribution < -0.4 is 21.5 Å². The van der Waals surface area contributed by atoms with Gasteiger partial charge in [0.15, 0.2) is 11.6 Å². The number of fused-ring (bicyclic) bond motifs is 2. The van der Waals surface area contributed by atoms with Crippen LogP contribution in [0.5, 0.6) is 0 Å². The van der Waals surface area contributed by atoms with Gasteiger partial charge in [-0.15, -0.1) is 0 Å². The number of hydrogen-bond acceptors (Lipinski definition) is 6. The second-order valence-corrected chi connectivity index (χ2v) is 10.8. The van der Waals surface area contributed by atoms with Crippen molar-refractivity contribution in [2.45, 2.75) is 50.5 Å². The van der Waals surface area contributed by atoms with Crippen LogP contribution in [0.25, 0.3) is 5.69 Å². The maximum atomic E-state index is 14.4. The number of carbonyl (C=O) groups is 1. The number of nitrogens with zero attached hydrogens (tertiary/aromatic N) is 4. The summed E-state index contributed by atoms with van der Waals surface area (Å²) in [5, 5.41) is 6.88. The van der Waals surface area contributed by atoms with Crippen LogP contribution in [-0.2, 0) is 0 Å². The first-order chi connectivity index (χ1) is 18.8. The number of nitrogens with one attached hydrogen (secondary N) is 1. The molecule has 2 aliphatic carbocycles. The van der Waals surface area contributed by atoms with E-state index in [-0.39, 0.29) is 11.2 Å². The van der Waals surface area contributed by atoms with Crippen molar-refractivity contribution in [2.75, 3.05) is 29.0 Å². The molecule has 0 unspecified atom stereocenters. The first-order valence-electron chi connectivity index (χ1n) is 13.4. The number of nitrogens with two attached hydrogens (primary N) is 1. The molecule has 2 aromatic carbocycles. The zero-order valence-electron chi connectivity index (χ0n) is 21.5. The van der Waals surface area contributed by atoms with Crippen molar-refractivity contribution in [1.29, 1.82) is 0 Å². The zero-order valence-corrected chi connectivity index (χ0v) is 21.5. The third-order valence-corrected chi connectivity index (χ3v) is 8.28. The molecule has 8 nitrogen and oxygen atoms in total. The predicted molar refractivity (Wildman–Crippen MR) is 147 cm³/mol.